The number of H-pyrrole nitrogens is 1. The molecule has 1 aliphatic rings. The Balaban J connectivity index is 0.00000178. The summed E-state index contributed by atoms with van der Waals surface area (Å²) in [6.07, 6.45) is 0. The molecule has 1 N–H and O–H groups in total. The van der Waals surface area contributed by atoms with Gasteiger partial charge in [0, 0.05) is 42.5 Å². The predicted octanol–water partition coefficient (Wildman–Crippen LogP) is 8.41. The molecule has 39 heavy (non-hydrogen) atoms. The summed E-state index contributed by atoms with van der Waals surface area (Å²) in [6, 6.07) is 30.3. The fourth-order valence-electron chi connectivity index (χ4n) is 5.60. The Hall–Kier alpha value is -2.05. The van der Waals surface area contributed by atoms with Crippen LogP contribution in [0.15, 0.2) is 84.9 Å². The Morgan fingerprint density at radius 3 is 1.79 bits per heavy atom. The number of rotatable bonds is 7. The minimum Gasteiger partial charge on any atom is -0.342 e. The van der Waals surface area contributed by atoms with Crippen LogP contribution in [0.1, 0.15) is 48.4 Å². The number of aromatic nitrogens is 2. The molecule has 5 rings (SSSR count). The van der Waals surface area contributed by atoms with Crippen LogP contribution < -0.4 is 0 Å². The lowest BCUT2D eigenvalue weighted by molar-refractivity contribution is 0.0599. The van der Waals surface area contributed by atoms with Gasteiger partial charge in [-0.15, -0.1) is 37.2 Å². The van der Waals surface area contributed by atoms with Gasteiger partial charge in [0.25, 0.3) is 0 Å². The van der Waals surface area contributed by atoms with Gasteiger partial charge in [-0.2, -0.15) is 0 Å². The summed E-state index contributed by atoms with van der Waals surface area (Å²) in [4.78, 5) is 13.9. The zero-order chi connectivity index (χ0) is 25.1. The Kier molecular flexibility index (Phi) is 12.8. The third-order valence-corrected chi connectivity index (χ3v) is 7.51. The molecule has 1 aromatic heterocycles. The van der Waals surface area contributed by atoms with Crippen molar-refractivity contribution in [2.45, 2.75) is 32.9 Å². The number of aryl methyl sites for hydroxylation is 1. The number of imidazole rings is 1. The molecule has 0 amide bonds. The molecule has 4 aromatic rings. The molecule has 1 atom stereocenters. The minimum atomic E-state index is 0. The molecule has 4 nitrogen and oxygen atoms in total. The van der Waals surface area contributed by atoms with Crippen molar-refractivity contribution in [2.24, 2.45) is 5.92 Å². The van der Waals surface area contributed by atoms with E-state index in [0.29, 0.717) is 5.92 Å². The van der Waals surface area contributed by atoms with Crippen LogP contribution in [0.2, 0.25) is 5.02 Å². The zero-order valence-electron chi connectivity index (χ0n) is 22.6. The first-order chi connectivity index (χ1) is 17.5. The maximum Gasteiger partial charge on any atom is 0.137 e. The van der Waals surface area contributed by atoms with Gasteiger partial charge < -0.3 is 4.98 Å². The summed E-state index contributed by atoms with van der Waals surface area (Å²) in [6.45, 7) is 10.8. The standard InChI is InChI=1S/C31H35ClN4.3ClH/c1-22(2)29(28-23(3)33-31(34-28)26-15-10-16-27(32)21-26)35-17-19-36(20-18-35)30(24-11-6-4-7-12-24)25-13-8-5-9-14-25;;;/h4-16,21-22,29-30H,17-20H2,1-3H3,(H,33,34);3*1H. The SMILES string of the molecule is Cc1[nH]c(-c2cccc(Cl)c2)nc1C(C(C)C)N1CCN(C(c2ccccc2)c2ccccc2)CC1.Cl.Cl.Cl. The molecular weight excluding hydrogens is 570 g/mol. The first-order valence-electron chi connectivity index (χ1n) is 12.9. The average molecular weight is 608 g/mol. The van der Waals surface area contributed by atoms with Gasteiger partial charge in [0.2, 0.25) is 0 Å². The first kappa shape index (κ1) is 33.2. The summed E-state index contributed by atoms with van der Waals surface area (Å²) >= 11 is 6.25. The molecule has 2 heterocycles. The van der Waals surface area contributed by atoms with E-state index in [1.54, 1.807) is 0 Å². The molecule has 8 heteroatoms. The van der Waals surface area contributed by atoms with Crippen molar-refractivity contribution < 1.29 is 0 Å². The minimum absolute atomic E-state index is 0. The van der Waals surface area contributed by atoms with Gasteiger partial charge in [-0.25, -0.2) is 4.98 Å². The molecular formula is C31H38Cl4N4. The lowest BCUT2D eigenvalue weighted by Crippen LogP contribution is -2.50. The van der Waals surface area contributed by atoms with E-state index >= 15 is 0 Å². The fourth-order valence-corrected chi connectivity index (χ4v) is 5.79. The normalized spacial score (nSPS) is 14.8. The highest BCUT2D eigenvalue weighted by Crippen LogP contribution is 2.35. The summed E-state index contributed by atoms with van der Waals surface area (Å²) < 4.78 is 0. The van der Waals surface area contributed by atoms with E-state index in [0.717, 1.165) is 54.0 Å². The highest BCUT2D eigenvalue weighted by atomic mass is 35.5. The van der Waals surface area contributed by atoms with Crippen LogP contribution in [0, 0.1) is 12.8 Å². The number of nitrogens with one attached hydrogen (secondary N) is 1. The van der Waals surface area contributed by atoms with Crippen LogP contribution >= 0.6 is 48.8 Å². The molecule has 1 fully saturated rings. The molecule has 3 aromatic carbocycles. The van der Waals surface area contributed by atoms with E-state index in [-0.39, 0.29) is 49.3 Å². The molecule has 0 bridgehead atoms. The van der Waals surface area contributed by atoms with Gasteiger partial charge in [0.15, 0.2) is 0 Å². The number of piperazine rings is 1. The zero-order valence-corrected chi connectivity index (χ0v) is 25.8. The predicted molar refractivity (Wildman–Crippen MR) is 171 cm³/mol. The first-order valence-corrected chi connectivity index (χ1v) is 13.3. The van der Waals surface area contributed by atoms with Gasteiger partial charge in [0.1, 0.15) is 5.82 Å². The fraction of sp³-hybridized carbons (Fsp3) is 0.323. The van der Waals surface area contributed by atoms with Crippen molar-refractivity contribution in [3.63, 3.8) is 0 Å². The van der Waals surface area contributed by atoms with E-state index < -0.39 is 0 Å². The second-order valence-corrected chi connectivity index (χ2v) is 10.5. The van der Waals surface area contributed by atoms with E-state index in [2.05, 4.69) is 102 Å². The summed E-state index contributed by atoms with van der Waals surface area (Å²) in [7, 11) is 0. The number of aromatic amines is 1. The molecule has 0 aliphatic carbocycles. The average Bonchev–Trinajstić information content (AvgIpc) is 3.27. The van der Waals surface area contributed by atoms with Crippen molar-refractivity contribution in [3.05, 3.63) is 112 Å². The number of benzene rings is 3. The van der Waals surface area contributed by atoms with Crippen LogP contribution in [-0.2, 0) is 0 Å². The smallest absolute Gasteiger partial charge is 0.137 e. The summed E-state index contributed by atoms with van der Waals surface area (Å²) in [5.41, 5.74) is 6.02. The Morgan fingerprint density at radius 2 is 1.28 bits per heavy atom. The molecule has 1 aliphatic heterocycles. The summed E-state index contributed by atoms with van der Waals surface area (Å²) in [5.74, 6) is 1.34. The number of halogens is 4. The van der Waals surface area contributed by atoms with E-state index in [4.69, 9.17) is 16.6 Å². The number of hydrogen-bond acceptors (Lipinski definition) is 3. The lowest BCUT2D eigenvalue weighted by atomic mass is 9.94. The van der Waals surface area contributed by atoms with Gasteiger partial charge in [-0.3, -0.25) is 9.80 Å². The van der Waals surface area contributed by atoms with Gasteiger partial charge in [-0.05, 0) is 36.1 Å². The van der Waals surface area contributed by atoms with Gasteiger partial charge in [-0.1, -0.05) is 98.2 Å². The second kappa shape index (κ2) is 15.1. The highest BCUT2D eigenvalue weighted by molar-refractivity contribution is 6.30. The monoisotopic (exact) mass is 606 g/mol. The van der Waals surface area contributed by atoms with E-state index in [1.165, 1.54) is 11.1 Å². The highest BCUT2D eigenvalue weighted by Gasteiger charge is 2.33. The Labute approximate surface area is 256 Å². The quantitative estimate of drug-likeness (QED) is 0.229. The number of nitrogens with zero attached hydrogens (tertiary/aromatic N) is 3. The van der Waals surface area contributed by atoms with Crippen molar-refractivity contribution in [1.82, 2.24) is 19.8 Å². The second-order valence-electron chi connectivity index (χ2n) is 10.1. The maximum absolute atomic E-state index is 6.25. The molecule has 0 saturated carbocycles. The van der Waals surface area contributed by atoms with Crippen LogP contribution in [0.5, 0.6) is 0 Å². The van der Waals surface area contributed by atoms with Gasteiger partial charge >= 0.3 is 0 Å². The molecule has 0 radical (unpaired) electrons. The molecule has 1 unspecified atom stereocenters. The maximum atomic E-state index is 6.25. The van der Waals surface area contributed by atoms with Crippen LogP contribution in [0.25, 0.3) is 11.4 Å². The Morgan fingerprint density at radius 1 is 0.744 bits per heavy atom. The molecule has 1 saturated heterocycles. The van der Waals surface area contributed by atoms with Crippen molar-refractivity contribution in [3.8, 4) is 11.4 Å². The third-order valence-electron chi connectivity index (χ3n) is 7.27. The summed E-state index contributed by atoms with van der Waals surface area (Å²) in [5, 5.41) is 0.728. The van der Waals surface area contributed by atoms with E-state index in [9.17, 15) is 0 Å². The van der Waals surface area contributed by atoms with Crippen LogP contribution in [0.4, 0.5) is 0 Å². The van der Waals surface area contributed by atoms with Crippen LogP contribution in [0.3, 0.4) is 0 Å². The van der Waals surface area contributed by atoms with Crippen molar-refractivity contribution >= 4 is 48.8 Å². The Bertz CT molecular complexity index is 1230. The largest absolute Gasteiger partial charge is 0.342 e. The topological polar surface area (TPSA) is 35.2 Å². The molecule has 210 valence electrons. The number of hydrogen-bond donors (Lipinski definition) is 1. The van der Waals surface area contributed by atoms with Crippen molar-refractivity contribution in [1.29, 1.82) is 0 Å². The third kappa shape index (κ3) is 7.58. The molecule has 0 spiro atoms. The lowest BCUT2D eigenvalue weighted by Gasteiger charge is -2.43. The van der Waals surface area contributed by atoms with Crippen molar-refractivity contribution in [2.75, 3.05) is 26.2 Å². The van der Waals surface area contributed by atoms with Gasteiger partial charge in [0.05, 0.1) is 17.8 Å². The van der Waals surface area contributed by atoms with E-state index in [1.807, 2.05) is 18.2 Å². The van der Waals surface area contributed by atoms with Crippen LogP contribution in [-0.4, -0.2) is 45.9 Å².